The first-order valence-electron chi connectivity index (χ1n) is 11.3. The van der Waals surface area contributed by atoms with Crippen LogP contribution in [0.1, 0.15) is 60.8 Å². The smallest absolute Gasteiger partial charge is 0.233 e. The Labute approximate surface area is 185 Å². The molecule has 1 atom stereocenters. The number of benzene rings is 1. The number of rotatable bonds is 3. The maximum Gasteiger partial charge on any atom is 0.233 e. The molecule has 0 bridgehead atoms. The Morgan fingerprint density at radius 3 is 2.35 bits per heavy atom. The van der Waals surface area contributed by atoms with Crippen molar-refractivity contribution in [1.29, 1.82) is 0 Å². The Morgan fingerprint density at radius 1 is 1.03 bits per heavy atom. The molecule has 2 aliphatic heterocycles. The van der Waals surface area contributed by atoms with Gasteiger partial charge in [0.05, 0.1) is 11.1 Å². The van der Waals surface area contributed by atoms with Crippen molar-refractivity contribution in [3.8, 4) is 0 Å². The topological polar surface area (TPSA) is 81.3 Å². The van der Waals surface area contributed by atoms with Gasteiger partial charge in [-0.3, -0.25) is 4.79 Å². The molecule has 1 amide bonds. The largest absolute Gasteiger partial charge is 0.384 e. The third-order valence-electron chi connectivity index (χ3n) is 6.99. The van der Waals surface area contributed by atoms with Crippen molar-refractivity contribution in [3.63, 3.8) is 0 Å². The summed E-state index contributed by atoms with van der Waals surface area (Å²) in [7, 11) is 0. The quantitative estimate of drug-likeness (QED) is 0.817. The number of aryl methyl sites for hydroxylation is 3. The molecule has 0 radical (unpaired) electrons. The van der Waals surface area contributed by atoms with Crippen molar-refractivity contribution in [2.75, 3.05) is 32.0 Å². The molecule has 0 saturated carbocycles. The minimum absolute atomic E-state index is 0.227. The SMILES string of the molecule is Cc1cc(C)cc(C2(C(=O)N3CCC[C@@](C)(c4cc(N)nc(C)n4)C3)CCOCC2)c1. The number of nitrogen functional groups attached to an aromatic ring is 1. The average Bonchev–Trinajstić information content (AvgIpc) is 2.72. The fraction of sp³-hybridized carbons (Fsp3) is 0.560. The predicted octanol–water partition coefficient (Wildman–Crippen LogP) is 3.61. The fourth-order valence-corrected chi connectivity index (χ4v) is 5.42. The van der Waals surface area contributed by atoms with Crippen molar-refractivity contribution in [3.05, 3.63) is 52.5 Å². The van der Waals surface area contributed by atoms with Gasteiger partial charge in [0, 0.05) is 37.8 Å². The van der Waals surface area contributed by atoms with Gasteiger partial charge in [-0.15, -0.1) is 0 Å². The van der Waals surface area contributed by atoms with Crippen molar-refractivity contribution in [2.24, 2.45) is 0 Å². The molecule has 1 aromatic carbocycles. The van der Waals surface area contributed by atoms with E-state index in [0.717, 1.165) is 43.5 Å². The van der Waals surface area contributed by atoms with Gasteiger partial charge in [-0.25, -0.2) is 9.97 Å². The van der Waals surface area contributed by atoms with E-state index < -0.39 is 5.41 Å². The number of ether oxygens (including phenoxy) is 1. The van der Waals surface area contributed by atoms with Crippen LogP contribution < -0.4 is 5.73 Å². The van der Waals surface area contributed by atoms with Crippen LogP contribution in [-0.2, 0) is 20.4 Å². The molecule has 0 unspecified atom stereocenters. The minimum atomic E-state index is -0.520. The molecule has 31 heavy (non-hydrogen) atoms. The van der Waals surface area contributed by atoms with E-state index in [1.807, 2.05) is 13.0 Å². The second kappa shape index (κ2) is 8.23. The molecule has 1 aromatic heterocycles. The number of carbonyl (C=O) groups is 1. The number of hydrogen-bond donors (Lipinski definition) is 1. The third kappa shape index (κ3) is 4.18. The zero-order valence-corrected chi connectivity index (χ0v) is 19.2. The highest BCUT2D eigenvalue weighted by Crippen LogP contribution is 2.41. The first-order chi connectivity index (χ1) is 14.7. The summed E-state index contributed by atoms with van der Waals surface area (Å²) in [5, 5.41) is 0. The van der Waals surface area contributed by atoms with E-state index in [1.54, 1.807) is 0 Å². The van der Waals surface area contributed by atoms with Crippen molar-refractivity contribution in [1.82, 2.24) is 14.9 Å². The van der Waals surface area contributed by atoms with Crippen molar-refractivity contribution < 1.29 is 9.53 Å². The Balaban J connectivity index is 1.68. The summed E-state index contributed by atoms with van der Waals surface area (Å²) < 4.78 is 5.68. The normalized spacial score (nSPS) is 23.5. The Hall–Kier alpha value is -2.47. The summed E-state index contributed by atoms with van der Waals surface area (Å²) in [6.07, 6.45) is 3.37. The van der Waals surface area contributed by atoms with E-state index in [-0.39, 0.29) is 11.3 Å². The number of likely N-dealkylation sites (tertiary alicyclic amines) is 1. The van der Waals surface area contributed by atoms with Crippen LogP contribution in [0.15, 0.2) is 24.3 Å². The molecule has 6 nitrogen and oxygen atoms in total. The van der Waals surface area contributed by atoms with Gasteiger partial charge in [0.25, 0.3) is 0 Å². The van der Waals surface area contributed by atoms with E-state index in [1.165, 1.54) is 11.1 Å². The van der Waals surface area contributed by atoms with Gasteiger partial charge in [-0.1, -0.05) is 36.2 Å². The van der Waals surface area contributed by atoms with Crippen LogP contribution in [0.4, 0.5) is 5.82 Å². The number of nitrogens with zero attached hydrogens (tertiary/aromatic N) is 3. The zero-order chi connectivity index (χ0) is 22.2. The van der Waals surface area contributed by atoms with Crippen LogP contribution in [0.2, 0.25) is 0 Å². The highest BCUT2D eigenvalue weighted by atomic mass is 16.5. The third-order valence-corrected chi connectivity index (χ3v) is 6.99. The molecule has 4 rings (SSSR count). The van der Waals surface area contributed by atoms with E-state index in [0.29, 0.717) is 31.4 Å². The first kappa shape index (κ1) is 21.8. The molecule has 2 N–H and O–H groups in total. The maximum atomic E-state index is 14.2. The molecule has 6 heteroatoms. The molecule has 0 aliphatic carbocycles. The van der Waals surface area contributed by atoms with Crippen LogP contribution in [0.3, 0.4) is 0 Å². The molecular formula is C25H34N4O2. The van der Waals surface area contributed by atoms with E-state index in [9.17, 15) is 4.79 Å². The molecule has 166 valence electrons. The zero-order valence-electron chi connectivity index (χ0n) is 19.2. The van der Waals surface area contributed by atoms with Crippen LogP contribution in [0.5, 0.6) is 0 Å². The lowest BCUT2D eigenvalue weighted by Gasteiger charge is -2.46. The molecule has 2 aromatic rings. The monoisotopic (exact) mass is 422 g/mol. The second-order valence-electron chi connectivity index (χ2n) is 9.69. The fourth-order valence-electron chi connectivity index (χ4n) is 5.42. The summed E-state index contributed by atoms with van der Waals surface area (Å²) >= 11 is 0. The number of piperidine rings is 1. The number of nitrogens with two attached hydrogens (primary N) is 1. The minimum Gasteiger partial charge on any atom is -0.384 e. The van der Waals surface area contributed by atoms with Gasteiger partial charge in [0.2, 0.25) is 5.91 Å². The molecule has 0 spiro atoms. The van der Waals surface area contributed by atoms with Gasteiger partial charge < -0.3 is 15.4 Å². The summed E-state index contributed by atoms with van der Waals surface area (Å²) in [6.45, 7) is 10.9. The Kier molecular flexibility index (Phi) is 5.77. The average molecular weight is 423 g/mol. The lowest BCUT2D eigenvalue weighted by molar-refractivity contribution is -0.143. The van der Waals surface area contributed by atoms with Crippen LogP contribution in [0, 0.1) is 20.8 Å². The Morgan fingerprint density at radius 2 is 1.71 bits per heavy atom. The number of aromatic nitrogens is 2. The van der Waals surface area contributed by atoms with Gasteiger partial charge in [0.1, 0.15) is 11.6 Å². The summed E-state index contributed by atoms with van der Waals surface area (Å²) in [4.78, 5) is 25.1. The molecule has 3 heterocycles. The standard InChI is InChI=1S/C25H34N4O2/c1-17-12-18(2)14-20(13-17)25(7-10-31-11-8-25)23(30)29-9-5-6-24(4,16-29)21-15-22(26)28-19(3)27-21/h12-15H,5-11,16H2,1-4H3,(H2,26,27,28)/t24-/m1/s1. The van der Waals surface area contributed by atoms with Crippen LogP contribution in [0.25, 0.3) is 0 Å². The van der Waals surface area contributed by atoms with E-state index >= 15 is 0 Å². The van der Waals surface area contributed by atoms with Crippen molar-refractivity contribution >= 4 is 11.7 Å². The van der Waals surface area contributed by atoms with Gasteiger partial charge in [-0.05, 0) is 52.0 Å². The first-order valence-corrected chi connectivity index (χ1v) is 11.3. The second-order valence-corrected chi connectivity index (χ2v) is 9.69. The molecule has 2 saturated heterocycles. The lowest BCUT2D eigenvalue weighted by Crippen LogP contribution is -2.55. The summed E-state index contributed by atoms with van der Waals surface area (Å²) in [6, 6.07) is 8.41. The maximum absolute atomic E-state index is 14.2. The van der Waals surface area contributed by atoms with E-state index in [2.05, 4.69) is 53.8 Å². The molecule has 2 aliphatic rings. The lowest BCUT2D eigenvalue weighted by atomic mass is 9.71. The number of anilines is 1. The predicted molar refractivity (Wildman–Crippen MR) is 122 cm³/mol. The van der Waals surface area contributed by atoms with Gasteiger partial charge >= 0.3 is 0 Å². The highest BCUT2D eigenvalue weighted by molar-refractivity contribution is 5.89. The van der Waals surface area contributed by atoms with Crippen LogP contribution in [-0.4, -0.2) is 47.1 Å². The highest BCUT2D eigenvalue weighted by Gasteiger charge is 2.47. The summed E-state index contributed by atoms with van der Waals surface area (Å²) in [5.74, 6) is 1.39. The number of amides is 1. The van der Waals surface area contributed by atoms with E-state index in [4.69, 9.17) is 10.5 Å². The van der Waals surface area contributed by atoms with Crippen LogP contribution >= 0.6 is 0 Å². The van der Waals surface area contributed by atoms with Gasteiger partial charge in [0.15, 0.2) is 0 Å². The van der Waals surface area contributed by atoms with Gasteiger partial charge in [-0.2, -0.15) is 0 Å². The summed E-state index contributed by atoms with van der Waals surface area (Å²) in [5.41, 5.74) is 9.73. The number of hydrogen-bond acceptors (Lipinski definition) is 5. The number of carbonyl (C=O) groups excluding carboxylic acids is 1. The molecular weight excluding hydrogens is 388 g/mol. The Bertz CT molecular complexity index is 943. The molecule has 2 fully saturated rings. The van der Waals surface area contributed by atoms with Crippen molar-refractivity contribution in [2.45, 2.75) is 64.2 Å².